The van der Waals surface area contributed by atoms with Crippen LogP contribution < -0.4 is 15.0 Å². The highest BCUT2D eigenvalue weighted by Gasteiger charge is 2.39. The third-order valence-electron chi connectivity index (χ3n) is 7.83. The van der Waals surface area contributed by atoms with E-state index in [-0.39, 0.29) is 12.2 Å². The number of nitriles is 2. The van der Waals surface area contributed by atoms with E-state index in [1.54, 1.807) is 66.9 Å². The fraction of sp³-hybridized carbons (Fsp3) is 0.242. The number of hydrogen-bond donors (Lipinski definition) is 2. The van der Waals surface area contributed by atoms with Crippen molar-refractivity contribution in [2.45, 2.75) is 51.7 Å². The predicted molar refractivity (Wildman–Crippen MR) is 162 cm³/mol. The lowest BCUT2D eigenvalue weighted by atomic mass is 10.1. The number of rotatable bonds is 8. The summed E-state index contributed by atoms with van der Waals surface area (Å²) < 4.78 is 7.95. The smallest absolute Gasteiger partial charge is 0.409 e. The summed E-state index contributed by atoms with van der Waals surface area (Å²) in [7, 11) is 0. The van der Waals surface area contributed by atoms with Gasteiger partial charge in [0.15, 0.2) is 0 Å². The molecular weight excluding hydrogens is 560 g/mol. The number of para-hydroxylation sites is 4. The van der Waals surface area contributed by atoms with E-state index in [2.05, 4.69) is 17.5 Å². The Bertz CT molecular complexity index is 1840. The van der Waals surface area contributed by atoms with Crippen molar-refractivity contribution in [3.05, 3.63) is 89.6 Å². The van der Waals surface area contributed by atoms with Crippen LogP contribution in [0.25, 0.3) is 16.6 Å². The van der Waals surface area contributed by atoms with Gasteiger partial charge in [-0.25, -0.2) is 4.79 Å². The lowest BCUT2D eigenvalue weighted by molar-refractivity contribution is -0.123. The number of aromatic nitrogens is 1. The molecule has 0 radical (unpaired) electrons. The predicted octanol–water partition coefficient (Wildman–Crippen LogP) is 4.56. The second-order valence-corrected chi connectivity index (χ2v) is 10.5. The van der Waals surface area contributed by atoms with Gasteiger partial charge in [-0.1, -0.05) is 42.5 Å². The molecule has 0 spiro atoms. The standard InChI is InChI=1S/C33H30N6O5/c1-20(19-40)38(33(42)43)22(3)36-31-21(2)44-30-15-9-8-14-28(30)37(32(31)41)18-25-24-11-5-7-13-27(24)39(29(25)17-35)26-12-6-4-10-23(26)16-34/h4-15,19-22,31,36H,18H2,1-3H3,(H,42,43)/t20?,21-,22-,31-/m0/s1. The van der Waals surface area contributed by atoms with Gasteiger partial charge in [0.05, 0.1) is 41.2 Å². The average molecular weight is 591 g/mol. The summed E-state index contributed by atoms with van der Waals surface area (Å²) >= 11 is 0. The minimum atomic E-state index is -1.32. The van der Waals surface area contributed by atoms with Gasteiger partial charge in [0.1, 0.15) is 42.0 Å². The molecule has 4 aromatic rings. The fourth-order valence-corrected chi connectivity index (χ4v) is 5.76. The Labute approximate surface area is 254 Å². The van der Waals surface area contributed by atoms with E-state index in [4.69, 9.17) is 4.74 Å². The Morgan fingerprint density at radius 3 is 2.39 bits per heavy atom. The molecule has 222 valence electrons. The van der Waals surface area contributed by atoms with Crippen LogP contribution in [0.4, 0.5) is 10.5 Å². The van der Waals surface area contributed by atoms with Crippen molar-refractivity contribution in [2.75, 3.05) is 4.90 Å². The maximum absolute atomic E-state index is 14.4. The van der Waals surface area contributed by atoms with Crippen LogP contribution in [-0.2, 0) is 16.1 Å². The van der Waals surface area contributed by atoms with Crippen molar-refractivity contribution in [1.82, 2.24) is 14.8 Å². The van der Waals surface area contributed by atoms with Crippen LogP contribution in [-0.4, -0.2) is 57.2 Å². The first-order chi connectivity index (χ1) is 21.2. The number of nitrogens with zero attached hydrogens (tertiary/aromatic N) is 5. The van der Waals surface area contributed by atoms with E-state index in [1.165, 1.54) is 11.8 Å². The molecule has 11 heteroatoms. The van der Waals surface area contributed by atoms with E-state index < -0.39 is 36.4 Å². The highest BCUT2D eigenvalue weighted by molar-refractivity contribution is 6.00. The Balaban J connectivity index is 1.64. The van der Waals surface area contributed by atoms with Gasteiger partial charge in [-0.3, -0.25) is 19.6 Å². The highest BCUT2D eigenvalue weighted by atomic mass is 16.5. The first-order valence-corrected chi connectivity index (χ1v) is 14.0. The summed E-state index contributed by atoms with van der Waals surface area (Å²) in [5, 5.41) is 33.9. The number of nitrogens with one attached hydrogen (secondary N) is 1. The molecule has 0 saturated heterocycles. The summed E-state index contributed by atoms with van der Waals surface area (Å²) in [4.78, 5) is 40.4. The number of ether oxygens (including phenoxy) is 1. The molecule has 1 unspecified atom stereocenters. The number of amides is 2. The number of hydrogen-bond acceptors (Lipinski definition) is 7. The van der Waals surface area contributed by atoms with E-state index in [0.717, 1.165) is 10.3 Å². The van der Waals surface area contributed by atoms with Gasteiger partial charge >= 0.3 is 6.09 Å². The van der Waals surface area contributed by atoms with Gasteiger partial charge in [-0.15, -0.1) is 0 Å². The second kappa shape index (κ2) is 12.3. The zero-order valence-corrected chi connectivity index (χ0v) is 24.3. The molecule has 1 aliphatic rings. The molecular formula is C33H30N6O5. The molecule has 0 bridgehead atoms. The third-order valence-corrected chi connectivity index (χ3v) is 7.83. The summed E-state index contributed by atoms with van der Waals surface area (Å²) in [5.74, 6) is 0.0373. The molecule has 4 atom stereocenters. The molecule has 3 aromatic carbocycles. The lowest BCUT2D eigenvalue weighted by Crippen LogP contribution is -2.60. The van der Waals surface area contributed by atoms with Gasteiger partial charge in [0.25, 0.3) is 0 Å². The minimum Gasteiger partial charge on any atom is -0.486 e. The maximum atomic E-state index is 14.4. The van der Waals surface area contributed by atoms with E-state index in [0.29, 0.717) is 40.1 Å². The Kier molecular flexibility index (Phi) is 8.34. The summed E-state index contributed by atoms with van der Waals surface area (Å²) in [6, 6.07) is 24.0. The first kappa shape index (κ1) is 29.8. The molecule has 5 rings (SSSR count). The van der Waals surface area contributed by atoms with Crippen molar-refractivity contribution in [3.8, 4) is 23.6 Å². The zero-order chi connectivity index (χ0) is 31.5. The molecule has 1 aromatic heterocycles. The van der Waals surface area contributed by atoms with Crippen molar-refractivity contribution in [1.29, 1.82) is 10.5 Å². The van der Waals surface area contributed by atoms with Gasteiger partial charge in [-0.2, -0.15) is 10.5 Å². The van der Waals surface area contributed by atoms with Crippen LogP contribution in [0.2, 0.25) is 0 Å². The van der Waals surface area contributed by atoms with Crippen LogP contribution in [0, 0.1) is 22.7 Å². The lowest BCUT2D eigenvalue weighted by Gasteiger charge is -2.34. The molecule has 0 saturated carbocycles. The number of carbonyl (C=O) groups is 3. The Morgan fingerprint density at radius 1 is 1.05 bits per heavy atom. The molecule has 2 heterocycles. The monoisotopic (exact) mass is 590 g/mol. The SMILES string of the molecule is CC(C=O)N(C(=O)O)[C@@H](C)N[C@@H]1C(=O)N(Cc2c(C#N)n(-c3ccccc3C#N)c3ccccc23)c2ccccc2O[C@H]1C. The average Bonchev–Trinajstić information content (AvgIpc) is 3.30. The largest absolute Gasteiger partial charge is 0.486 e. The molecule has 2 amide bonds. The molecule has 1 aliphatic heterocycles. The number of benzene rings is 3. The summed E-state index contributed by atoms with van der Waals surface area (Å²) in [5.41, 5.74) is 2.95. The van der Waals surface area contributed by atoms with Crippen molar-refractivity contribution >= 4 is 34.9 Å². The number of aldehydes is 1. The Morgan fingerprint density at radius 2 is 1.70 bits per heavy atom. The highest BCUT2D eigenvalue weighted by Crippen LogP contribution is 2.37. The van der Waals surface area contributed by atoms with Crippen molar-refractivity contribution in [3.63, 3.8) is 0 Å². The quantitative estimate of drug-likeness (QED) is 0.224. The third kappa shape index (κ3) is 5.21. The van der Waals surface area contributed by atoms with Crippen LogP contribution in [0.1, 0.15) is 37.6 Å². The first-order valence-electron chi connectivity index (χ1n) is 14.0. The number of fused-ring (bicyclic) bond motifs is 2. The molecule has 0 aliphatic carbocycles. The van der Waals surface area contributed by atoms with Crippen molar-refractivity contribution < 1.29 is 24.2 Å². The topological polar surface area (TPSA) is 152 Å². The molecule has 0 fully saturated rings. The number of anilines is 1. The molecule has 2 N–H and O–H groups in total. The van der Waals surface area contributed by atoms with Crippen LogP contribution >= 0.6 is 0 Å². The van der Waals surface area contributed by atoms with Crippen LogP contribution in [0.15, 0.2) is 72.8 Å². The van der Waals surface area contributed by atoms with Crippen LogP contribution in [0.3, 0.4) is 0 Å². The normalized spacial score (nSPS) is 17.4. The second-order valence-electron chi connectivity index (χ2n) is 10.5. The van der Waals surface area contributed by atoms with Gasteiger partial charge < -0.3 is 19.5 Å². The van der Waals surface area contributed by atoms with Crippen molar-refractivity contribution in [2.24, 2.45) is 0 Å². The molecule has 44 heavy (non-hydrogen) atoms. The fourth-order valence-electron chi connectivity index (χ4n) is 5.76. The van der Waals surface area contributed by atoms with E-state index in [1.807, 2.05) is 24.3 Å². The van der Waals surface area contributed by atoms with Gasteiger partial charge in [0, 0.05) is 10.9 Å². The van der Waals surface area contributed by atoms with Gasteiger partial charge in [-0.05, 0) is 51.1 Å². The van der Waals surface area contributed by atoms with E-state index in [9.17, 15) is 30.0 Å². The zero-order valence-electron chi connectivity index (χ0n) is 24.3. The number of carboxylic acid groups (broad SMARTS) is 1. The minimum absolute atomic E-state index is 0.0169. The number of carbonyl (C=O) groups excluding carboxylic acids is 2. The summed E-state index contributed by atoms with van der Waals surface area (Å²) in [6.45, 7) is 4.71. The van der Waals surface area contributed by atoms with Crippen LogP contribution in [0.5, 0.6) is 5.75 Å². The van der Waals surface area contributed by atoms with E-state index >= 15 is 0 Å². The summed E-state index contributed by atoms with van der Waals surface area (Å²) in [6.07, 6.45) is -2.44. The van der Waals surface area contributed by atoms with Gasteiger partial charge in [0.2, 0.25) is 5.91 Å². The Hall–Kier alpha value is -5.65. The molecule has 11 nitrogen and oxygen atoms in total. The maximum Gasteiger partial charge on any atom is 0.409 e.